The minimum atomic E-state index is -0.366. The molecule has 0 aliphatic heterocycles. The Morgan fingerprint density at radius 1 is 1.36 bits per heavy atom. The summed E-state index contributed by atoms with van der Waals surface area (Å²) in [4.78, 5) is 2.43. The van der Waals surface area contributed by atoms with Gasteiger partial charge in [0.05, 0.1) is 6.10 Å². The Morgan fingerprint density at radius 3 is 2.09 bits per heavy atom. The summed E-state index contributed by atoms with van der Waals surface area (Å²) in [6.07, 6.45) is -0.366. The molecule has 1 heterocycles. The Labute approximate surface area is 79.2 Å². The average Bonchev–Trinajstić information content (AvgIpc) is 2.07. The zero-order valence-corrected chi connectivity index (χ0v) is 9.21. The summed E-state index contributed by atoms with van der Waals surface area (Å²) < 4.78 is 1.06. The van der Waals surface area contributed by atoms with Crippen molar-refractivity contribution >= 4 is 27.3 Å². The number of aliphatic hydroxyl groups excluding tert-OH is 1. The highest BCUT2D eigenvalue weighted by molar-refractivity contribution is 9.10. The van der Waals surface area contributed by atoms with Gasteiger partial charge in [-0.05, 0) is 36.7 Å². The van der Waals surface area contributed by atoms with Crippen LogP contribution in [0.1, 0.15) is 28.3 Å². The van der Waals surface area contributed by atoms with E-state index >= 15 is 0 Å². The van der Waals surface area contributed by atoms with Crippen LogP contribution in [0.4, 0.5) is 0 Å². The highest BCUT2D eigenvalue weighted by Gasteiger charge is 2.14. The van der Waals surface area contributed by atoms with Crippen LogP contribution in [0.15, 0.2) is 4.47 Å². The first-order valence-corrected chi connectivity index (χ1v) is 5.08. The quantitative estimate of drug-likeness (QED) is 0.792. The van der Waals surface area contributed by atoms with Crippen LogP contribution < -0.4 is 0 Å². The van der Waals surface area contributed by atoms with Crippen molar-refractivity contribution in [1.82, 2.24) is 0 Å². The van der Waals surface area contributed by atoms with Crippen LogP contribution in [0.5, 0.6) is 0 Å². The van der Waals surface area contributed by atoms with Crippen molar-refractivity contribution in [3.05, 3.63) is 19.8 Å². The standard InChI is InChI=1S/C8H11BrOS/c1-4(10)7-5(2)11-6(3)8(7)9/h4,10H,1-3H3. The molecule has 0 saturated carbocycles. The lowest BCUT2D eigenvalue weighted by Crippen LogP contribution is -1.91. The summed E-state index contributed by atoms with van der Waals surface area (Å²) in [5, 5.41) is 9.38. The van der Waals surface area contributed by atoms with Gasteiger partial charge in [0.2, 0.25) is 0 Å². The molecule has 11 heavy (non-hydrogen) atoms. The maximum absolute atomic E-state index is 9.38. The smallest absolute Gasteiger partial charge is 0.0783 e. The summed E-state index contributed by atoms with van der Waals surface area (Å²) in [5.41, 5.74) is 1.03. The predicted molar refractivity (Wildman–Crippen MR) is 52.1 cm³/mol. The molecule has 0 saturated heterocycles. The molecule has 0 amide bonds. The minimum absolute atomic E-state index is 0.366. The van der Waals surface area contributed by atoms with Crippen molar-refractivity contribution in [3.8, 4) is 0 Å². The lowest BCUT2D eigenvalue weighted by molar-refractivity contribution is 0.198. The molecule has 1 aromatic heterocycles. The van der Waals surface area contributed by atoms with Gasteiger partial charge in [0.25, 0.3) is 0 Å². The van der Waals surface area contributed by atoms with Gasteiger partial charge in [-0.3, -0.25) is 0 Å². The molecule has 0 aliphatic carbocycles. The third-order valence-corrected chi connectivity index (χ3v) is 3.97. The third kappa shape index (κ3) is 1.66. The Bertz CT molecular complexity index is 265. The summed E-state index contributed by atoms with van der Waals surface area (Å²) in [6.45, 7) is 5.87. The maximum atomic E-state index is 9.38. The number of aliphatic hydroxyl groups is 1. The van der Waals surface area contributed by atoms with Crippen molar-refractivity contribution in [3.63, 3.8) is 0 Å². The second kappa shape index (κ2) is 3.25. The van der Waals surface area contributed by atoms with E-state index in [0.717, 1.165) is 10.0 Å². The van der Waals surface area contributed by atoms with Crippen molar-refractivity contribution in [2.45, 2.75) is 26.9 Å². The van der Waals surface area contributed by atoms with E-state index in [0.29, 0.717) is 0 Å². The van der Waals surface area contributed by atoms with Crippen LogP contribution in [0, 0.1) is 13.8 Å². The van der Waals surface area contributed by atoms with Gasteiger partial charge >= 0.3 is 0 Å². The van der Waals surface area contributed by atoms with Gasteiger partial charge in [-0.1, -0.05) is 0 Å². The fourth-order valence-electron chi connectivity index (χ4n) is 1.15. The lowest BCUT2D eigenvalue weighted by atomic mass is 10.1. The first kappa shape index (κ1) is 9.23. The Balaban J connectivity index is 3.22. The SMILES string of the molecule is Cc1sc(C)c(C(C)O)c1Br. The first-order chi connectivity index (χ1) is 5.04. The van der Waals surface area contributed by atoms with Gasteiger partial charge in [-0.15, -0.1) is 11.3 Å². The molecule has 62 valence electrons. The molecular weight excluding hydrogens is 224 g/mol. The van der Waals surface area contributed by atoms with Crippen molar-refractivity contribution in [2.75, 3.05) is 0 Å². The Morgan fingerprint density at radius 2 is 1.91 bits per heavy atom. The second-order valence-corrected chi connectivity index (χ2v) is 4.84. The van der Waals surface area contributed by atoms with E-state index in [-0.39, 0.29) is 6.10 Å². The molecular formula is C8H11BrOS. The van der Waals surface area contributed by atoms with E-state index in [4.69, 9.17) is 0 Å². The number of halogens is 1. The highest BCUT2D eigenvalue weighted by atomic mass is 79.9. The molecule has 0 radical (unpaired) electrons. The van der Waals surface area contributed by atoms with E-state index < -0.39 is 0 Å². The zero-order valence-electron chi connectivity index (χ0n) is 6.81. The molecule has 1 unspecified atom stereocenters. The molecule has 1 atom stereocenters. The number of aryl methyl sites for hydroxylation is 2. The molecule has 1 N–H and O–H groups in total. The monoisotopic (exact) mass is 234 g/mol. The number of thiophene rings is 1. The van der Waals surface area contributed by atoms with Gasteiger partial charge in [0.15, 0.2) is 0 Å². The number of rotatable bonds is 1. The Hall–Kier alpha value is 0.140. The van der Waals surface area contributed by atoms with E-state index in [1.54, 1.807) is 18.3 Å². The van der Waals surface area contributed by atoms with Crippen LogP contribution >= 0.6 is 27.3 Å². The van der Waals surface area contributed by atoms with Crippen LogP contribution in [0.2, 0.25) is 0 Å². The summed E-state index contributed by atoms with van der Waals surface area (Å²) in [5.74, 6) is 0. The predicted octanol–water partition coefficient (Wildman–Crippen LogP) is 3.18. The van der Waals surface area contributed by atoms with Crippen molar-refractivity contribution < 1.29 is 5.11 Å². The van der Waals surface area contributed by atoms with Crippen LogP contribution in [-0.2, 0) is 0 Å². The number of hydrogen-bond acceptors (Lipinski definition) is 2. The molecule has 0 spiro atoms. The van der Waals surface area contributed by atoms with Gasteiger partial charge in [0, 0.05) is 19.8 Å². The van der Waals surface area contributed by atoms with Crippen LogP contribution in [0.25, 0.3) is 0 Å². The highest BCUT2D eigenvalue weighted by Crippen LogP contribution is 2.35. The summed E-state index contributed by atoms with van der Waals surface area (Å²) >= 11 is 5.17. The fraction of sp³-hybridized carbons (Fsp3) is 0.500. The minimum Gasteiger partial charge on any atom is -0.389 e. The van der Waals surface area contributed by atoms with E-state index in [2.05, 4.69) is 15.9 Å². The van der Waals surface area contributed by atoms with Crippen molar-refractivity contribution in [1.29, 1.82) is 0 Å². The molecule has 0 bridgehead atoms. The zero-order chi connectivity index (χ0) is 8.59. The van der Waals surface area contributed by atoms with Gasteiger partial charge in [0.1, 0.15) is 0 Å². The average molecular weight is 235 g/mol. The number of hydrogen-bond donors (Lipinski definition) is 1. The second-order valence-electron chi connectivity index (χ2n) is 2.62. The van der Waals surface area contributed by atoms with E-state index in [9.17, 15) is 5.11 Å². The van der Waals surface area contributed by atoms with E-state index in [1.807, 2.05) is 13.8 Å². The molecule has 1 nitrogen and oxygen atoms in total. The normalized spacial score (nSPS) is 13.5. The molecule has 1 aromatic rings. The van der Waals surface area contributed by atoms with Crippen LogP contribution in [-0.4, -0.2) is 5.11 Å². The molecule has 0 fully saturated rings. The van der Waals surface area contributed by atoms with E-state index in [1.165, 1.54) is 9.75 Å². The first-order valence-electron chi connectivity index (χ1n) is 3.47. The largest absolute Gasteiger partial charge is 0.389 e. The maximum Gasteiger partial charge on any atom is 0.0783 e. The molecule has 0 aliphatic rings. The van der Waals surface area contributed by atoms with Crippen LogP contribution in [0.3, 0.4) is 0 Å². The topological polar surface area (TPSA) is 20.2 Å². The third-order valence-electron chi connectivity index (χ3n) is 1.65. The molecule has 1 rings (SSSR count). The Kier molecular flexibility index (Phi) is 2.73. The van der Waals surface area contributed by atoms with Gasteiger partial charge in [-0.2, -0.15) is 0 Å². The van der Waals surface area contributed by atoms with Gasteiger partial charge in [-0.25, -0.2) is 0 Å². The fourth-order valence-corrected chi connectivity index (χ4v) is 3.20. The van der Waals surface area contributed by atoms with Crippen molar-refractivity contribution in [2.24, 2.45) is 0 Å². The summed E-state index contributed by atoms with van der Waals surface area (Å²) in [7, 11) is 0. The summed E-state index contributed by atoms with van der Waals surface area (Å²) in [6, 6.07) is 0. The lowest BCUT2D eigenvalue weighted by Gasteiger charge is -2.03. The molecule has 3 heteroatoms. The van der Waals surface area contributed by atoms with Gasteiger partial charge < -0.3 is 5.11 Å². The molecule has 0 aromatic carbocycles.